The summed E-state index contributed by atoms with van der Waals surface area (Å²) in [5, 5.41) is 8.68. The Bertz CT molecular complexity index is 1020. The Kier molecular flexibility index (Phi) is 6.34. The van der Waals surface area contributed by atoms with Crippen LogP contribution in [0.3, 0.4) is 0 Å². The van der Waals surface area contributed by atoms with Crippen molar-refractivity contribution in [1.82, 2.24) is 5.16 Å². The molecule has 6 nitrogen and oxygen atoms in total. The summed E-state index contributed by atoms with van der Waals surface area (Å²) < 4.78 is 20.4. The monoisotopic (exact) mass is 437 g/mol. The number of aryl methyl sites for hydroxylation is 4. The van der Waals surface area contributed by atoms with Gasteiger partial charge in [0, 0.05) is 11.8 Å². The number of rotatable bonds is 6. The van der Waals surface area contributed by atoms with Crippen molar-refractivity contribution in [3.05, 3.63) is 55.9 Å². The van der Waals surface area contributed by atoms with Crippen LogP contribution in [0.15, 0.2) is 33.0 Å². The summed E-state index contributed by atoms with van der Waals surface area (Å²) in [5.74, 6) is -0.195. The highest BCUT2D eigenvalue weighted by Gasteiger charge is 2.27. The van der Waals surface area contributed by atoms with Crippen molar-refractivity contribution in [2.75, 3.05) is 10.0 Å². The van der Waals surface area contributed by atoms with Crippen LogP contribution in [-0.2, 0) is 17.8 Å². The quantitative estimate of drug-likeness (QED) is 0.513. The van der Waals surface area contributed by atoms with Crippen LogP contribution in [0.1, 0.15) is 39.0 Å². The molecule has 28 heavy (non-hydrogen) atoms. The van der Waals surface area contributed by atoms with Gasteiger partial charge in [0.15, 0.2) is 4.88 Å². The largest absolute Gasteiger partial charge is 0.588 e. The van der Waals surface area contributed by atoms with Gasteiger partial charge in [-0.15, -0.1) is 11.3 Å². The predicted octanol–water partition coefficient (Wildman–Crippen LogP) is 5.26. The summed E-state index contributed by atoms with van der Waals surface area (Å²) in [6, 6.07) is 5.73. The maximum atomic E-state index is 12.9. The van der Waals surface area contributed by atoms with Gasteiger partial charge in [0.05, 0.1) is 0 Å². The van der Waals surface area contributed by atoms with E-state index in [0.29, 0.717) is 15.5 Å². The van der Waals surface area contributed by atoms with Crippen LogP contribution in [-0.4, -0.2) is 15.6 Å². The number of hydrogen-bond acceptors (Lipinski definition) is 6. The van der Waals surface area contributed by atoms with Crippen molar-refractivity contribution in [1.29, 1.82) is 0 Å². The zero-order chi connectivity index (χ0) is 20.4. The van der Waals surface area contributed by atoms with Crippen LogP contribution in [0.5, 0.6) is 0 Å². The van der Waals surface area contributed by atoms with Gasteiger partial charge < -0.3 is 14.4 Å². The number of carbonyl (C=O) groups is 1. The van der Waals surface area contributed by atoms with Crippen LogP contribution in [0, 0.1) is 20.8 Å². The number of carbonyl (C=O) groups excluding carboxylic acids is 1. The van der Waals surface area contributed by atoms with E-state index in [9.17, 15) is 9.35 Å². The normalized spacial score (nSPS) is 12.1. The average molecular weight is 438 g/mol. The van der Waals surface area contributed by atoms with Gasteiger partial charge >= 0.3 is 0 Å². The minimum absolute atomic E-state index is 0.109. The van der Waals surface area contributed by atoms with Crippen LogP contribution in [0.2, 0.25) is 5.02 Å². The number of amides is 1. The third-order valence-electron chi connectivity index (χ3n) is 4.19. The Morgan fingerprint density at radius 1 is 1.36 bits per heavy atom. The number of halogens is 1. The summed E-state index contributed by atoms with van der Waals surface area (Å²) in [6.07, 6.45) is 0.798. The average Bonchev–Trinajstić information content (AvgIpc) is 3.26. The van der Waals surface area contributed by atoms with Crippen LogP contribution < -0.4 is 10.0 Å². The maximum Gasteiger partial charge on any atom is 0.284 e. The fraction of sp³-hybridized carbons (Fsp3) is 0.263. The zero-order valence-electron chi connectivity index (χ0n) is 15.9. The second kappa shape index (κ2) is 8.57. The van der Waals surface area contributed by atoms with E-state index in [4.69, 9.17) is 16.1 Å². The van der Waals surface area contributed by atoms with Crippen molar-refractivity contribution >= 4 is 51.8 Å². The summed E-state index contributed by atoms with van der Waals surface area (Å²) in [5.41, 5.74) is 4.49. The van der Waals surface area contributed by atoms with E-state index in [2.05, 4.69) is 21.3 Å². The van der Waals surface area contributed by atoms with E-state index in [1.807, 2.05) is 26.8 Å². The Labute approximate surface area is 175 Å². The number of benzene rings is 1. The lowest BCUT2D eigenvalue weighted by Crippen LogP contribution is -2.19. The molecule has 0 saturated carbocycles. The maximum absolute atomic E-state index is 12.9. The van der Waals surface area contributed by atoms with Crippen molar-refractivity contribution < 1.29 is 13.9 Å². The molecule has 2 heterocycles. The molecule has 0 aliphatic carbocycles. The molecule has 2 aromatic heterocycles. The van der Waals surface area contributed by atoms with Crippen molar-refractivity contribution in [2.45, 2.75) is 39.0 Å². The first-order valence-electron chi connectivity index (χ1n) is 8.61. The molecule has 0 bridgehead atoms. The number of nitrogens with one attached hydrogen (secondary N) is 2. The Morgan fingerprint density at radius 3 is 2.75 bits per heavy atom. The molecule has 2 N–H and O–H groups in total. The van der Waals surface area contributed by atoms with E-state index >= 15 is 0 Å². The van der Waals surface area contributed by atoms with Crippen LogP contribution >= 0.6 is 22.9 Å². The smallest absolute Gasteiger partial charge is 0.284 e. The number of hydrogen-bond donors (Lipinski definition) is 2. The number of nitrogens with zero attached hydrogens (tertiary/aromatic N) is 1. The molecule has 3 rings (SSSR count). The Hall–Kier alpha value is -2.00. The van der Waals surface area contributed by atoms with Gasteiger partial charge in [-0.05, 0) is 43.7 Å². The third kappa shape index (κ3) is 4.20. The number of aromatic nitrogens is 1. The topological polar surface area (TPSA) is 90.2 Å². The minimum atomic E-state index is -1.73. The standard InChI is InChI=1S/C19H20ClN3O3S2/c1-5-13-9-10(2)8-11(3)16(13)21-18(24)17-14(6-7-27-17)28(25)23-19-15(20)12(4)22-26-19/h6-9,23H,5H2,1-4H3,(H,21,24). The minimum Gasteiger partial charge on any atom is -0.588 e. The molecule has 1 amide bonds. The predicted molar refractivity (Wildman–Crippen MR) is 114 cm³/mol. The van der Waals surface area contributed by atoms with E-state index in [1.165, 1.54) is 11.3 Å². The lowest BCUT2D eigenvalue weighted by molar-refractivity contribution is 0.102. The van der Waals surface area contributed by atoms with E-state index in [0.717, 1.165) is 28.8 Å². The summed E-state index contributed by atoms with van der Waals surface area (Å²) in [4.78, 5) is 13.6. The molecular formula is C19H20ClN3O3S2. The molecule has 3 aromatic rings. The van der Waals surface area contributed by atoms with Gasteiger partial charge in [0.25, 0.3) is 11.8 Å². The molecule has 0 aliphatic rings. The molecule has 0 aliphatic heterocycles. The molecule has 0 spiro atoms. The second-order valence-corrected chi connectivity index (χ2v) is 8.79. The molecule has 1 aromatic carbocycles. The summed E-state index contributed by atoms with van der Waals surface area (Å²) in [7, 11) is 0. The molecule has 9 heteroatoms. The number of anilines is 2. The Balaban J connectivity index is 1.83. The fourth-order valence-corrected chi connectivity index (χ4v) is 5.04. The highest BCUT2D eigenvalue weighted by Crippen LogP contribution is 2.31. The number of thiophene rings is 1. The lowest BCUT2D eigenvalue weighted by Gasteiger charge is -2.15. The fourth-order valence-electron chi connectivity index (χ4n) is 2.85. The summed E-state index contributed by atoms with van der Waals surface area (Å²) in [6.45, 7) is 7.71. The van der Waals surface area contributed by atoms with E-state index < -0.39 is 11.4 Å². The molecule has 0 saturated heterocycles. The van der Waals surface area contributed by atoms with Gasteiger partial charge in [0.2, 0.25) is 4.90 Å². The molecule has 0 radical (unpaired) electrons. The highest BCUT2D eigenvalue weighted by molar-refractivity contribution is 7.93. The van der Waals surface area contributed by atoms with Gasteiger partial charge in [-0.1, -0.05) is 41.4 Å². The van der Waals surface area contributed by atoms with Crippen LogP contribution in [0.25, 0.3) is 0 Å². The van der Waals surface area contributed by atoms with Crippen molar-refractivity contribution in [2.24, 2.45) is 0 Å². The first kappa shape index (κ1) is 20.7. The van der Waals surface area contributed by atoms with E-state index in [-0.39, 0.29) is 16.8 Å². The van der Waals surface area contributed by atoms with Gasteiger partial charge in [0.1, 0.15) is 22.1 Å². The Morgan fingerprint density at radius 2 is 2.11 bits per heavy atom. The molecule has 1 atom stereocenters. The zero-order valence-corrected chi connectivity index (χ0v) is 18.3. The van der Waals surface area contributed by atoms with E-state index in [1.54, 1.807) is 18.4 Å². The first-order chi connectivity index (χ1) is 13.3. The molecule has 148 valence electrons. The van der Waals surface area contributed by atoms with Crippen molar-refractivity contribution in [3.63, 3.8) is 0 Å². The van der Waals surface area contributed by atoms with Gasteiger partial charge in [-0.3, -0.25) is 4.79 Å². The molecular weight excluding hydrogens is 418 g/mol. The van der Waals surface area contributed by atoms with Crippen LogP contribution in [0.4, 0.5) is 11.6 Å². The molecule has 0 fully saturated rings. The van der Waals surface area contributed by atoms with Gasteiger partial charge in [-0.25, -0.2) is 0 Å². The lowest BCUT2D eigenvalue weighted by atomic mass is 10.0. The third-order valence-corrected chi connectivity index (χ3v) is 6.79. The summed E-state index contributed by atoms with van der Waals surface area (Å²) >= 11 is 5.56. The highest BCUT2D eigenvalue weighted by atomic mass is 35.5. The molecule has 1 unspecified atom stereocenters. The second-order valence-electron chi connectivity index (χ2n) is 6.32. The van der Waals surface area contributed by atoms with Crippen molar-refractivity contribution in [3.8, 4) is 0 Å². The van der Waals surface area contributed by atoms with Gasteiger partial charge in [-0.2, -0.15) is 4.72 Å². The first-order valence-corrected chi connectivity index (χ1v) is 11.0. The SMILES string of the molecule is CCc1cc(C)cc(C)c1NC(=O)c1sccc1[S+]([O-])Nc1onc(C)c1Cl.